The zero-order valence-corrected chi connectivity index (χ0v) is 11.0. The van der Waals surface area contributed by atoms with Crippen LogP contribution in [0.25, 0.3) is 0 Å². The molecule has 4 nitrogen and oxygen atoms in total. The molecule has 2 rings (SSSR count). The van der Waals surface area contributed by atoms with Gasteiger partial charge >= 0.3 is 0 Å². The molecule has 0 radical (unpaired) electrons. The van der Waals surface area contributed by atoms with E-state index in [1.807, 2.05) is 12.1 Å². The average molecular weight is 305 g/mol. The van der Waals surface area contributed by atoms with E-state index in [4.69, 9.17) is 0 Å². The van der Waals surface area contributed by atoms with Crippen LogP contribution in [0.15, 0.2) is 15.9 Å². The fourth-order valence-electron chi connectivity index (χ4n) is 1.66. The first kappa shape index (κ1) is 12.0. The molecule has 2 unspecified atom stereocenters. The van der Waals surface area contributed by atoms with Gasteiger partial charge in [-0.25, -0.2) is 0 Å². The van der Waals surface area contributed by atoms with Crippen LogP contribution in [-0.2, 0) is 11.3 Å². The number of amides is 1. The lowest BCUT2D eigenvalue weighted by molar-refractivity contribution is -0.123. The maximum absolute atomic E-state index is 11.7. The van der Waals surface area contributed by atoms with Crippen molar-refractivity contribution in [2.45, 2.75) is 25.1 Å². The zero-order valence-electron chi connectivity index (χ0n) is 8.57. The number of hydrogen-bond donors (Lipinski definition) is 3. The molecule has 1 aliphatic heterocycles. The highest BCUT2D eigenvalue weighted by Gasteiger charge is 2.27. The van der Waals surface area contributed by atoms with Crippen LogP contribution in [0.1, 0.15) is 11.3 Å². The summed E-state index contributed by atoms with van der Waals surface area (Å²) in [6, 6.07) is 3.69. The van der Waals surface area contributed by atoms with E-state index < -0.39 is 6.10 Å². The first-order valence-corrected chi connectivity index (χ1v) is 6.69. The molecule has 1 aromatic rings. The molecule has 0 aliphatic carbocycles. The van der Waals surface area contributed by atoms with Gasteiger partial charge in [-0.05, 0) is 34.5 Å². The molecule has 1 aromatic heterocycles. The molecule has 16 heavy (non-hydrogen) atoms. The van der Waals surface area contributed by atoms with Gasteiger partial charge in [-0.15, -0.1) is 11.3 Å². The first-order chi connectivity index (χ1) is 7.65. The Bertz CT molecular complexity index is 383. The minimum absolute atomic E-state index is 0.0407. The smallest absolute Gasteiger partial charge is 0.237 e. The minimum Gasteiger partial charge on any atom is -0.392 e. The third-order valence-electron chi connectivity index (χ3n) is 2.49. The number of halogens is 1. The minimum atomic E-state index is -0.397. The molecule has 2 heterocycles. The van der Waals surface area contributed by atoms with Gasteiger partial charge in [-0.3, -0.25) is 4.79 Å². The largest absolute Gasteiger partial charge is 0.392 e. The standard InChI is InChI=1S/C10H13BrN2O2S/c11-9-2-1-7(16-9)5-13-10(15)8-3-6(14)4-12-8/h1-2,6,8,12,14H,3-5H2,(H,13,15). The van der Waals surface area contributed by atoms with Crippen LogP contribution < -0.4 is 10.6 Å². The number of aliphatic hydroxyl groups is 1. The third kappa shape index (κ3) is 3.04. The van der Waals surface area contributed by atoms with Gasteiger partial charge < -0.3 is 15.7 Å². The zero-order chi connectivity index (χ0) is 11.5. The molecule has 1 aliphatic rings. The number of aliphatic hydroxyl groups excluding tert-OH is 1. The molecule has 3 N–H and O–H groups in total. The molecule has 1 fully saturated rings. The van der Waals surface area contributed by atoms with Crippen LogP contribution in [0, 0.1) is 0 Å². The van der Waals surface area contributed by atoms with Crippen molar-refractivity contribution in [3.05, 3.63) is 20.8 Å². The SMILES string of the molecule is O=C(NCc1ccc(Br)s1)C1CC(O)CN1. The molecule has 88 valence electrons. The van der Waals surface area contributed by atoms with Crippen LogP contribution in [0.2, 0.25) is 0 Å². The van der Waals surface area contributed by atoms with Crippen LogP contribution in [-0.4, -0.2) is 29.7 Å². The lowest BCUT2D eigenvalue weighted by atomic mass is 10.2. The Balaban J connectivity index is 1.80. The van der Waals surface area contributed by atoms with Gasteiger partial charge in [-0.2, -0.15) is 0 Å². The molecule has 1 amide bonds. The monoisotopic (exact) mass is 304 g/mol. The summed E-state index contributed by atoms with van der Waals surface area (Å²) in [6.07, 6.45) is 0.103. The normalized spacial score (nSPS) is 24.6. The number of rotatable bonds is 3. The third-order valence-corrected chi connectivity index (χ3v) is 4.11. The molecule has 2 atom stereocenters. The summed E-state index contributed by atoms with van der Waals surface area (Å²) in [5, 5.41) is 15.1. The summed E-state index contributed by atoms with van der Waals surface area (Å²) < 4.78 is 1.06. The quantitative estimate of drug-likeness (QED) is 0.776. The van der Waals surface area contributed by atoms with Crippen LogP contribution in [0.5, 0.6) is 0 Å². The molecular formula is C10H13BrN2O2S. The Hall–Kier alpha value is -0.430. The van der Waals surface area contributed by atoms with E-state index in [1.165, 1.54) is 0 Å². The Morgan fingerprint density at radius 1 is 1.69 bits per heavy atom. The van der Waals surface area contributed by atoms with E-state index in [2.05, 4.69) is 26.6 Å². The topological polar surface area (TPSA) is 61.4 Å². The van der Waals surface area contributed by atoms with E-state index in [1.54, 1.807) is 11.3 Å². The van der Waals surface area contributed by atoms with Gasteiger partial charge in [0.15, 0.2) is 0 Å². The van der Waals surface area contributed by atoms with E-state index in [9.17, 15) is 9.90 Å². The van der Waals surface area contributed by atoms with E-state index in [0.29, 0.717) is 19.5 Å². The highest BCUT2D eigenvalue weighted by Crippen LogP contribution is 2.21. The van der Waals surface area contributed by atoms with Crippen molar-refractivity contribution in [1.82, 2.24) is 10.6 Å². The lowest BCUT2D eigenvalue weighted by Crippen LogP contribution is -2.39. The van der Waals surface area contributed by atoms with Crippen molar-refractivity contribution in [1.29, 1.82) is 0 Å². The van der Waals surface area contributed by atoms with Gasteiger partial charge in [0.05, 0.1) is 22.5 Å². The van der Waals surface area contributed by atoms with Crippen LogP contribution in [0.3, 0.4) is 0 Å². The molecule has 0 saturated carbocycles. The summed E-state index contributed by atoms with van der Waals surface area (Å²) in [6.45, 7) is 1.05. The van der Waals surface area contributed by atoms with E-state index in [-0.39, 0.29) is 11.9 Å². The Morgan fingerprint density at radius 2 is 2.50 bits per heavy atom. The summed E-state index contributed by atoms with van der Waals surface area (Å²) in [5.74, 6) is -0.0407. The van der Waals surface area contributed by atoms with Crippen molar-refractivity contribution >= 4 is 33.2 Å². The summed E-state index contributed by atoms with van der Waals surface area (Å²) in [4.78, 5) is 12.8. The number of β-amino-alcohol motifs (C(OH)–C–C–N with tert-alkyl or cyclic N) is 1. The highest BCUT2D eigenvalue weighted by molar-refractivity contribution is 9.11. The van der Waals surface area contributed by atoms with Crippen molar-refractivity contribution in [2.75, 3.05) is 6.54 Å². The predicted octanol–water partition coefficient (Wildman–Crippen LogP) is 0.850. The molecule has 0 bridgehead atoms. The molecule has 0 spiro atoms. The fourth-order valence-corrected chi connectivity index (χ4v) is 3.08. The van der Waals surface area contributed by atoms with Crippen molar-refractivity contribution in [3.8, 4) is 0 Å². The van der Waals surface area contributed by atoms with Gasteiger partial charge in [0.1, 0.15) is 0 Å². The number of carbonyl (C=O) groups is 1. The van der Waals surface area contributed by atoms with Gasteiger partial charge in [-0.1, -0.05) is 0 Å². The second kappa shape index (κ2) is 5.27. The molecule has 6 heteroatoms. The molecule has 1 saturated heterocycles. The Kier molecular flexibility index (Phi) is 3.96. The average Bonchev–Trinajstić information content (AvgIpc) is 2.84. The maximum atomic E-state index is 11.7. The number of hydrogen-bond acceptors (Lipinski definition) is 4. The van der Waals surface area contributed by atoms with E-state index in [0.717, 1.165) is 8.66 Å². The van der Waals surface area contributed by atoms with Gasteiger partial charge in [0, 0.05) is 11.4 Å². The Labute approximate surface area is 106 Å². The van der Waals surface area contributed by atoms with Gasteiger partial charge in [0.2, 0.25) is 5.91 Å². The lowest BCUT2D eigenvalue weighted by Gasteiger charge is -2.09. The van der Waals surface area contributed by atoms with E-state index >= 15 is 0 Å². The second-order valence-corrected chi connectivity index (χ2v) is 6.32. The maximum Gasteiger partial charge on any atom is 0.237 e. The highest BCUT2D eigenvalue weighted by atomic mass is 79.9. The first-order valence-electron chi connectivity index (χ1n) is 5.08. The summed E-state index contributed by atoms with van der Waals surface area (Å²) in [7, 11) is 0. The van der Waals surface area contributed by atoms with Gasteiger partial charge in [0.25, 0.3) is 0 Å². The second-order valence-electron chi connectivity index (χ2n) is 3.77. The van der Waals surface area contributed by atoms with Crippen molar-refractivity contribution < 1.29 is 9.90 Å². The summed E-state index contributed by atoms with van der Waals surface area (Å²) >= 11 is 4.98. The van der Waals surface area contributed by atoms with Crippen LogP contribution in [0.4, 0.5) is 0 Å². The Morgan fingerprint density at radius 3 is 3.06 bits per heavy atom. The van der Waals surface area contributed by atoms with Crippen molar-refractivity contribution in [3.63, 3.8) is 0 Å². The fraction of sp³-hybridized carbons (Fsp3) is 0.500. The summed E-state index contributed by atoms with van der Waals surface area (Å²) in [5.41, 5.74) is 0. The number of nitrogens with one attached hydrogen (secondary N) is 2. The number of carbonyl (C=O) groups excluding carboxylic acids is 1. The number of thiophene rings is 1. The molecular weight excluding hydrogens is 292 g/mol. The van der Waals surface area contributed by atoms with Crippen LogP contribution >= 0.6 is 27.3 Å². The predicted molar refractivity (Wildman–Crippen MR) is 66.3 cm³/mol. The molecule has 0 aromatic carbocycles. The van der Waals surface area contributed by atoms with Crippen molar-refractivity contribution in [2.24, 2.45) is 0 Å².